The van der Waals surface area contributed by atoms with Crippen LogP contribution in [-0.4, -0.2) is 17.1 Å². The second-order valence-electron chi connectivity index (χ2n) is 8.70. The normalized spacial score (nSPS) is 15.1. The van der Waals surface area contributed by atoms with Crippen LogP contribution in [0.5, 0.6) is 5.75 Å². The van der Waals surface area contributed by atoms with E-state index >= 15 is 0 Å². The van der Waals surface area contributed by atoms with Crippen molar-refractivity contribution in [1.29, 1.82) is 0 Å². The third-order valence-corrected chi connectivity index (χ3v) is 7.36. The van der Waals surface area contributed by atoms with Gasteiger partial charge < -0.3 is 9.47 Å². The van der Waals surface area contributed by atoms with Gasteiger partial charge in [0.25, 0.3) is 5.56 Å². The van der Waals surface area contributed by atoms with Crippen LogP contribution in [0.4, 0.5) is 0 Å². The maximum Gasteiger partial charge on any atom is 0.338 e. The summed E-state index contributed by atoms with van der Waals surface area (Å²) in [5.74, 6) is 0.249. The van der Waals surface area contributed by atoms with E-state index in [0.717, 1.165) is 22.4 Å². The van der Waals surface area contributed by atoms with Crippen molar-refractivity contribution in [2.75, 3.05) is 6.61 Å². The standard InChI is InChI=1S/C30H25ClN2O4S/c1-3-36-29(35)26-19(2)32-30-33(27(26)22-11-13-23(31)14-12-22)28(34)25(38-30)17-20-9-15-24(16-10-20)37-18-21-7-5-4-6-8-21/h4-17,27H,3,18H2,1-2H3. The molecule has 1 aromatic heterocycles. The van der Waals surface area contributed by atoms with E-state index in [1.165, 1.54) is 11.3 Å². The van der Waals surface area contributed by atoms with Crippen molar-refractivity contribution in [1.82, 2.24) is 4.57 Å². The molecule has 0 N–H and O–H groups in total. The first-order valence-corrected chi connectivity index (χ1v) is 13.4. The van der Waals surface area contributed by atoms with Crippen LogP contribution in [0.3, 0.4) is 0 Å². The molecule has 0 aliphatic carbocycles. The van der Waals surface area contributed by atoms with Crippen LogP contribution in [-0.2, 0) is 16.1 Å². The number of hydrogen-bond acceptors (Lipinski definition) is 6. The smallest absolute Gasteiger partial charge is 0.338 e. The lowest BCUT2D eigenvalue weighted by Crippen LogP contribution is -2.39. The SMILES string of the molecule is CCOC(=O)C1=C(C)N=c2sc(=Cc3ccc(OCc4ccccc4)cc3)c(=O)n2C1c1ccc(Cl)cc1. The molecule has 3 aromatic carbocycles. The van der Waals surface area contributed by atoms with Crippen molar-refractivity contribution in [3.05, 3.63) is 132 Å². The van der Waals surface area contributed by atoms with Crippen LogP contribution < -0.4 is 19.6 Å². The predicted molar refractivity (Wildman–Crippen MR) is 149 cm³/mol. The van der Waals surface area contributed by atoms with Crippen LogP contribution in [0.1, 0.15) is 36.6 Å². The number of aromatic nitrogens is 1. The second-order valence-corrected chi connectivity index (χ2v) is 10.1. The van der Waals surface area contributed by atoms with E-state index in [1.807, 2.05) is 72.8 Å². The van der Waals surface area contributed by atoms with Crippen molar-refractivity contribution >= 4 is 35.0 Å². The van der Waals surface area contributed by atoms with Gasteiger partial charge in [-0.25, -0.2) is 9.79 Å². The molecule has 0 fully saturated rings. The van der Waals surface area contributed by atoms with E-state index < -0.39 is 12.0 Å². The van der Waals surface area contributed by atoms with Crippen molar-refractivity contribution in [3.8, 4) is 5.75 Å². The zero-order valence-electron chi connectivity index (χ0n) is 20.9. The van der Waals surface area contributed by atoms with Crippen molar-refractivity contribution in [3.63, 3.8) is 0 Å². The van der Waals surface area contributed by atoms with E-state index in [-0.39, 0.29) is 12.2 Å². The Morgan fingerprint density at radius 1 is 1.05 bits per heavy atom. The van der Waals surface area contributed by atoms with Crippen LogP contribution in [0.2, 0.25) is 5.02 Å². The molecular formula is C30H25ClN2O4S. The first kappa shape index (κ1) is 25.7. The molecule has 192 valence electrons. The highest BCUT2D eigenvalue weighted by Gasteiger charge is 2.33. The molecule has 1 aliphatic rings. The van der Waals surface area contributed by atoms with E-state index in [2.05, 4.69) is 4.99 Å². The summed E-state index contributed by atoms with van der Waals surface area (Å²) >= 11 is 7.40. The third kappa shape index (κ3) is 5.35. The number of halogens is 1. The molecule has 0 radical (unpaired) electrons. The number of carbonyl (C=O) groups excluding carboxylic acids is 1. The van der Waals surface area contributed by atoms with Gasteiger partial charge in [0, 0.05) is 5.02 Å². The minimum atomic E-state index is -0.668. The predicted octanol–water partition coefficient (Wildman–Crippen LogP) is 5.03. The molecular weight excluding hydrogens is 520 g/mol. The van der Waals surface area contributed by atoms with Crippen LogP contribution in [0, 0.1) is 0 Å². The zero-order chi connectivity index (χ0) is 26.6. The number of benzene rings is 3. The lowest BCUT2D eigenvalue weighted by Gasteiger charge is -2.24. The summed E-state index contributed by atoms with van der Waals surface area (Å²) in [5, 5.41) is 0.565. The van der Waals surface area contributed by atoms with Crippen molar-refractivity contribution < 1.29 is 14.3 Å². The Labute approximate surface area is 228 Å². The molecule has 2 heterocycles. The Kier molecular flexibility index (Phi) is 7.58. The summed E-state index contributed by atoms with van der Waals surface area (Å²) < 4.78 is 13.3. The molecule has 5 rings (SSSR count). The lowest BCUT2D eigenvalue weighted by molar-refractivity contribution is -0.139. The minimum absolute atomic E-state index is 0.221. The number of fused-ring (bicyclic) bond motifs is 1. The average molecular weight is 545 g/mol. The van der Waals surface area contributed by atoms with E-state index in [4.69, 9.17) is 21.1 Å². The Bertz CT molecular complexity index is 1670. The van der Waals surface area contributed by atoms with Gasteiger partial charge in [-0.3, -0.25) is 9.36 Å². The van der Waals surface area contributed by atoms with Gasteiger partial charge in [0.15, 0.2) is 4.80 Å². The third-order valence-electron chi connectivity index (χ3n) is 6.13. The summed E-state index contributed by atoms with van der Waals surface area (Å²) in [4.78, 5) is 31.8. The fraction of sp³-hybridized carbons (Fsp3) is 0.167. The molecule has 6 nitrogen and oxygen atoms in total. The highest BCUT2D eigenvalue weighted by Crippen LogP contribution is 2.31. The van der Waals surface area contributed by atoms with E-state index in [0.29, 0.717) is 32.2 Å². The number of esters is 1. The Hall–Kier alpha value is -3.94. The molecule has 1 atom stereocenters. The maximum atomic E-state index is 13.7. The van der Waals surface area contributed by atoms with Gasteiger partial charge >= 0.3 is 5.97 Å². The summed E-state index contributed by atoms with van der Waals surface area (Å²) in [6, 6.07) is 24.0. The number of carbonyl (C=O) groups is 1. The number of rotatable bonds is 7. The average Bonchev–Trinajstić information content (AvgIpc) is 3.22. The van der Waals surface area contributed by atoms with Crippen molar-refractivity contribution in [2.45, 2.75) is 26.5 Å². The summed E-state index contributed by atoms with van der Waals surface area (Å²) in [7, 11) is 0. The van der Waals surface area contributed by atoms with Gasteiger partial charge in [0.2, 0.25) is 0 Å². The number of hydrogen-bond donors (Lipinski definition) is 0. The molecule has 0 spiro atoms. The number of nitrogens with zero attached hydrogens (tertiary/aromatic N) is 2. The molecule has 0 saturated heterocycles. The highest BCUT2D eigenvalue weighted by molar-refractivity contribution is 7.07. The Balaban J connectivity index is 1.51. The second kappa shape index (κ2) is 11.2. The van der Waals surface area contributed by atoms with Gasteiger partial charge in [0.05, 0.1) is 28.5 Å². The van der Waals surface area contributed by atoms with E-state index in [1.54, 1.807) is 30.5 Å². The van der Waals surface area contributed by atoms with E-state index in [9.17, 15) is 9.59 Å². The molecule has 8 heteroatoms. The van der Waals surface area contributed by atoms with Gasteiger partial charge in [-0.1, -0.05) is 77.5 Å². The number of ether oxygens (including phenoxy) is 2. The fourth-order valence-electron chi connectivity index (χ4n) is 4.30. The fourth-order valence-corrected chi connectivity index (χ4v) is 5.48. The first-order chi connectivity index (χ1) is 18.4. The summed E-state index contributed by atoms with van der Waals surface area (Å²) in [5.41, 5.74) is 3.33. The van der Waals surface area contributed by atoms with Crippen molar-refractivity contribution in [2.24, 2.45) is 4.99 Å². The molecule has 0 bridgehead atoms. The topological polar surface area (TPSA) is 69.9 Å². The molecule has 1 unspecified atom stereocenters. The van der Waals surface area contributed by atoms with Crippen LogP contribution in [0.15, 0.2) is 99.9 Å². The zero-order valence-corrected chi connectivity index (χ0v) is 22.5. The lowest BCUT2D eigenvalue weighted by atomic mass is 9.96. The molecule has 4 aromatic rings. The summed E-state index contributed by atoms with van der Waals surface area (Å²) in [6.45, 7) is 4.21. The Morgan fingerprint density at radius 2 is 1.76 bits per heavy atom. The molecule has 38 heavy (non-hydrogen) atoms. The highest BCUT2D eigenvalue weighted by atomic mass is 35.5. The van der Waals surface area contributed by atoms with Gasteiger partial charge in [-0.2, -0.15) is 0 Å². The number of allylic oxidation sites excluding steroid dienone is 1. The van der Waals surface area contributed by atoms with Gasteiger partial charge in [-0.05, 0) is 60.9 Å². The van der Waals surface area contributed by atoms with Gasteiger partial charge in [-0.15, -0.1) is 0 Å². The Morgan fingerprint density at radius 3 is 2.45 bits per heavy atom. The monoisotopic (exact) mass is 544 g/mol. The van der Waals surface area contributed by atoms with Crippen LogP contribution in [0.25, 0.3) is 6.08 Å². The first-order valence-electron chi connectivity index (χ1n) is 12.2. The maximum absolute atomic E-state index is 13.7. The molecule has 0 amide bonds. The van der Waals surface area contributed by atoms with Gasteiger partial charge in [0.1, 0.15) is 12.4 Å². The number of thiazole rings is 1. The van der Waals surface area contributed by atoms with Crippen LogP contribution >= 0.6 is 22.9 Å². The molecule has 0 saturated carbocycles. The minimum Gasteiger partial charge on any atom is -0.489 e. The quantitative estimate of drug-likeness (QED) is 0.306. The molecule has 1 aliphatic heterocycles. The largest absolute Gasteiger partial charge is 0.489 e. The summed E-state index contributed by atoms with van der Waals surface area (Å²) in [6.07, 6.45) is 1.83.